The van der Waals surface area contributed by atoms with Crippen LogP contribution >= 0.6 is 11.6 Å². The molecule has 1 saturated carbocycles. The van der Waals surface area contributed by atoms with Crippen LogP contribution in [0.15, 0.2) is 12.1 Å². The number of nitrogens with two attached hydrogens (primary N) is 1. The van der Waals surface area contributed by atoms with E-state index in [1.54, 1.807) is 12.1 Å². The van der Waals surface area contributed by atoms with Gasteiger partial charge in [0, 0.05) is 28.6 Å². The zero-order chi connectivity index (χ0) is 11.8. The van der Waals surface area contributed by atoms with Gasteiger partial charge in [0.2, 0.25) is 0 Å². The second-order valence-electron chi connectivity index (χ2n) is 4.34. The van der Waals surface area contributed by atoms with E-state index in [0.29, 0.717) is 17.3 Å². The van der Waals surface area contributed by atoms with Crippen LogP contribution in [0.1, 0.15) is 24.8 Å². The fraction of sp³-hybridized carbons (Fsp3) is 0.500. The molecule has 88 valence electrons. The van der Waals surface area contributed by atoms with Crippen LogP contribution in [-0.4, -0.2) is 18.8 Å². The Morgan fingerprint density at radius 1 is 1.50 bits per heavy atom. The van der Waals surface area contributed by atoms with Crippen molar-refractivity contribution in [2.24, 2.45) is 5.73 Å². The van der Waals surface area contributed by atoms with E-state index in [4.69, 9.17) is 22.1 Å². The lowest BCUT2D eigenvalue weighted by atomic mass is 9.64. The Morgan fingerprint density at radius 2 is 2.19 bits per heavy atom. The number of benzene rings is 1. The van der Waals surface area contributed by atoms with Gasteiger partial charge in [-0.3, -0.25) is 0 Å². The number of hydrogen-bond donors (Lipinski definition) is 2. The lowest BCUT2D eigenvalue weighted by Gasteiger charge is -2.42. The van der Waals surface area contributed by atoms with E-state index in [2.05, 4.69) is 0 Å². The molecule has 0 saturated heterocycles. The number of phenolic OH excluding ortho intramolecular Hbond substituents is 1. The first kappa shape index (κ1) is 11.6. The predicted molar refractivity (Wildman–Crippen MR) is 64.3 cm³/mol. The third-order valence-electron chi connectivity index (χ3n) is 3.53. The molecule has 2 rings (SSSR count). The Morgan fingerprint density at radius 3 is 2.62 bits per heavy atom. The molecule has 3 N–H and O–H groups in total. The summed E-state index contributed by atoms with van der Waals surface area (Å²) in [5.41, 5.74) is 6.53. The number of halogens is 1. The third-order valence-corrected chi connectivity index (χ3v) is 3.75. The van der Waals surface area contributed by atoms with E-state index < -0.39 is 0 Å². The summed E-state index contributed by atoms with van der Waals surface area (Å²) < 4.78 is 5.10. The lowest BCUT2D eigenvalue weighted by molar-refractivity contribution is 0.242. The Balaban J connectivity index is 2.51. The minimum Gasteiger partial charge on any atom is -0.504 e. The van der Waals surface area contributed by atoms with Gasteiger partial charge in [0.1, 0.15) is 0 Å². The molecule has 1 fully saturated rings. The van der Waals surface area contributed by atoms with E-state index in [1.165, 1.54) is 7.11 Å². The largest absolute Gasteiger partial charge is 0.504 e. The molecule has 1 aromatic rings. The van der Waals surface area contributed by atoms with Crippen LogP contribution < -0.4 is 10.5 Å². The van der Waals surface area contributed by atoms with Gasteiger partial charge in [0.15, 0.2) is 11.5 Å². The first-order valence-electron chi connectivity index (χ1n) is 5.40. The summed E-state index contributed by atoms with van der Waals surface area (Å²) in [4.78, 5) is 0. The van der Waals surface area contributed by atoms with E-state index in [9.17, 15) is 5.11 Å². The van der Waals surface area contributed by atoms with Gasteiger partial charge in [0.05, 0.1) is 7.11 Å². The zero-order valence-electron chi connectivity index (χ0n) is 9.29. The second-order valence-corrected chi connectivity index (χ2v) is 4.78. The number of hydrogen-bond acceptors (Lipinski definition) is 3. The normalized spacial score (nSPS) is 17.9. The smallest absolute Gasteiger partial charge is 0.162 e. The number of aromatic hydroxyl groups is 1. The minimum atomic E-state index is -0.109. The summed E-state index contributed by atoms with van der Waals surface area (Å²) in [6.45, 7) is 0.532. The summed E-state index contributed by atoms with van der Waals surface area (Å²) in [5.74, 6) is 0.597. The molecule has 0 amide bonds. The highest BCUT2D eigenvalue weighted by atomic mass is 35.5. The SMILES string of the molecule is COc1cc(Cl)cc(C2(CN)CCC2)c1O. The van der Waals surface area contributed by atoms with Crippen molar-refractivity contribution >= 4 is 11.6 Å². The van der Waals surface area contributed by atoms with Crippen LogP contribution in [-0.2, 0) is 5.41 Å². The number of ether oxygens (including phenoxy) is 1. The maximum atomic E-state index is 10.1. The zero-order valence-corrected chi connectivity index (χ0v) is 10.0. The molecule has 4 heteroatoms. The molecule has 0 aliphatic heterocycles. The summed E-state index contributed by atoms with van der Waals surface area (Å²) in [6, 6.07) is 3.41. The van der Waals surface area contributed by atoms with Gasteiger partial charge in [-0.25, -0.2) is 0 Å². The van der Waals surface area contributed by atoms with Crippen molar-refractivity contribution in [3.05, 3.63) is 22.7 Å². The van der Waals surface area contributed by atoms with E-state index >= 15 is 0 Å². The van der Waals surface area contributed by atoms with Crippen LogP contribution in [0.5, 0.6) is 11.5 Å². The lowest BCUT2D eigenvalue weighted by Crippen LogP contribution is -2.41. The van der Waals surface area contributed by atoms with Crippen molar-refractivity contribution in [2.45, 2.75) is 24.7 Å². The first-order valence-corrected chi connectivity index (χ1v) is 5.78. The molecule has 0 bridgehead atoms. The summed E-state index contributed by atoms with van der Waals surface area (Å²) >= 11 is 6.01. The van der Waals surface area contributed by atoms with Crippen molar-refractivity contribution in [1.82, 2.24) is 0 Å². The summed E-state index contributed by atoms with van der Waals surface area (Å²) in [5, 5.41) is 10.7. The molecule has 1 aromatic carbocycles. The third kappa shape index (κ3) is 1.64. The average Bonchev–Trinajstić information content (AvgIpc) is 2.21. The summed E-state index contributed by atoms with van der Waals surface area (Å²) in [6.07, 6.45) is 3.15. The Kier molecular flexibility index (Phi) is 3.00. The number of rotatable bonds is 3. The predicted octanol–water partition coefficient (Wildman–Crippen LogP) is 2.43. The van der Waals surface area contributed by atoms with E-state index in [0.717, 1.165) is 24.8 Å². The van der Waals surface area contributed by atoms with Crippen LogP contribution in [0.2, 0.25) is 5.02 Å². The summed E-state index contributed by atoms with van der Waals surface area (Å²) in [7, 11) is 1.52. The van der Waals surface area contributed by atoms with Gasteiger partial charge in [-0.15, -0.1) is 0 Å². The highest BCUT2D eigenvalue weighted by molar-refractivity contribution is 6.30. The van der Waals surface area contributed by atoms with Gasteiger partial charge in [0.25, 0.3) is 0 Å². The van der Waals surface area contributed by atoms with Crippen LogP contribution in [0.25, 0.3) is 0 Å². The topological polar surface area (TPSA) is 55.5 Å². The maximum Gasteiger partial charge on any atom is 0.162 e. The molecule has 1 aliphatic rings. The fourth-order valence-corrected chi connectivity index (χ4v) is 2.53. The Labute approximate surface area is 100 Å². The van der Waals surface area contributed by atoms with Crippen molar-refractivity contribution in [3.8, 4) is 11.5 Å². The Bertz CT molecular complexity index is 397. The van der Waals surface area contributed by atoms with E-state index in [1.807, 2.05) is 0 Å². The van der Waals surface area contributed by atoms with Crippen molar-refractivity contribution < 1.29 is 9.84 Å². The Hall–Kier alpha value is -0.930. The van der Waals surface area contributed by atoms with Gasteiger partial charge in [-0.1, -0.05) is 18.0 Å². The molecule has 1 aliphatic carbocycles. The number of phenols is 1. The molecule has 0 unspecified atom stereocenters. The average molecular weight is 242 g/mol. The molecular weight excluding hydrogens is 226 g/mol. The van der Waals surface area contributed by atoms with Gasteiger partial charge in [-0.05, 0) is 18.9 Å². The fourth-order valence-electron chi connectivity index (χ4n) is 2.32. The first-order chi connectivity index (χ1) is 7.63. The minimum absolute atomic E-state index is 0.109. The van der Waals surface area contributed by atoms with Gasteiger partial charge in [-0.2, -0.15) is 0 Å². The maximum absolute atomic E-state index is 10.1. The van der Waals surface area contributed by atoms with E-state index in [-0.39, 0.29) is 11.2 Å². The van der Waals surface area contributed by atoms with Crippen molar-refractivity contribution in [2.75, 3.05) is 13.7 Å². The molecule has 16 heavy (non-hydrogen) atoms. The molecule has 0 heterocycles. The highest BCUT2D eigenvalue weighted by Crippen LogP contribution is 2.49. The van der Waals surface area contributed by atoms with Crippen LogP contribution in [0.4, 0.5) is 0 Å². The number of methoxy groups -OCH3 is 1. The van der Waals surface area contributed by atoms with Crippen LogP contribution in [0.3, 0.4) is 0 Å². The van der Waals surface area contributed by atoms with Gasteiger partial charge < -0.3 is 15.6 Å². The quantitative estimate of drug-likeness (QED) is 0.855. The second kappa shape index (κ2) is 4.15. The molecule has 0 radical (unpaired) electrons. The molecular formula is C12H16ClNO2. The van der Waals surface area contributed by atoms with Crippen molar-refractivity contribution in [3.63, 3.8) is 0 Å². The monoisotopic (exact) mass is 241 g/mol. The van der Waals surface area contributed by atoms with Crippen molar-refractivity contribution in [1.29, 1.82) is 0 Å². The van der Waals surface area contributed by atoms with Crippen LogP contribution in [0, 0.1) is 0 Å². The molecule has 0 spiro atoms. The molecule has 0 atom stereocenters. The highest BCUT2D eigenvalue weighted by Gasteiger charge is 2.40. The van der Waals surface area contributed by atoms with Gasteiger partial charge >= 0.3 is 0 Å². The molecule has 3 nitrogen and oxygen atoms in total. The standard InChI is InChI=1S/C12H16ClNO2/c1-16-10-6-8(13)5-9(11(10)15)12(7-14)3-2-4-12/h5-6,15H,2-4,7,14H2,1H3. The molecule has 0 aromatic heterocycles.